The Labute approximate surface area is 189 Å². The number of aromatic nitrogens is 3. The molecule has 2 aromatic heterocycles. The summed E-state index contributed by atoms with van der Waals surface area (Å²) in [5.41, 5.74) is 0. The molecule has 0 N–H and O–H groups in total. The molecule has 1 unspecified atom stereocenters. The number of rotatable bonds is 8. The summed E-state index contributed by atoms with van der Waals surface area (Å²) < 4.78 is 34.8. The molecule has 2 saturated carbocycles. The van der Waals surface area contributed by atoms with Crippen LogP contribution in [0.4, 0.5) is 6.01 Å². The standard InChI is InChI=1S/C23H32N4O4S/c1-32(28,29)19-6-7-21(24-15-19)30-13-10-18-14-20(18)16-8-11-27(12-9-16)23-26-25-22(31-23)17-4-2-3-5-17/h6-7,15-18,20H,2-5,8-14H2,1H3/t18?,20-/m1/s1. The van der Waals surface area contributed by atoms with E-state index in [9.17, 15) is 8.42 Å². The van der Waals surface area contributed by atoms with Crippen molar-refractivity contribution in [3.8, 4) is 5.88 Å². The number of pyridine rings is 1. The fourth-order valence-electron chi connectivity index (χ4n) is 5.38. The number of nitrogens with zero attached hydrogens (tertiary/aromatic N) is 4. The van der Waals surface area contributed by atoms with E-state index in [2.05, 4.69) is 20.1 Å². The molecule has 8 nitrogen and oxygen atoms in total. The first-order valence-electron chi connectivity index (χ1n) is 11.8. The van der Waals surface area contributed by atoms with Gasteiger partial charge in [-0.2, -0.15) is 0 Å². The van der Waals surface area contributed by atoms with Crippen LogP contribution < -0.4 is 9.64 Å². The van der Waals surface area contributed by atoms with Gasteiger partial charge in [0.2, 0.25) is 11.8 Å². The van der Waals surface area contributed by atoms with Gasteiger partial charge in [-0.05, 0) is 62.3 Å². The predicted octanol–water partition coefficient (Wildman–Crippen LogP) is 3.85. The number of piperidine rings is 1. The molecule has 5 rings (SSSR count). The zero-order valence-corrected chi connectivity index (χ0v) is 19.5. The van der Waals surface area contributed by atoms with Crippen LogP contribution in [0.15, 0.2) is 27.6 Å². The number of sulfone groups is 1. The van der Waals surface area contributed by atoms with Gasteiger partial charge in [0.05, 0.1) is 11.5 Å². The third-order valence-electron chi connectivity index (χ3n) is 7.40. The average Bonchev–Trinajstić information content (AvgIpc) is 3.17. The Morgan fingerprint density at radius 2 is 1.91 bits per heavy atom. The van der Waals surface area contributed by atoms with Gasteiger partial charge >= 0.3 is 6.01 Å². The van der Waals surface area contributed by atoms with Gasteiger partial charge in [-0.15, -0.1) is 5.10 Å². The van der Waals surface area contributed by atoms with Crippen LogP contribution >= 0.6 is 0 Å². The Bertz CT molecular complexity index is 1010. The Balaban J connectivity index is 1.03. The fraction of sp³-hybridized carbons (Fsp3) is 0.696. The molecule has 0 amide bonds. The fourth-order valence-corrected chi connectivity index (χ4v) is 5.94. The van der Waals surface area contributed by atoms with E-state index in [0.29, 0.717) is 24.4 Å². The van der Waals surface area contributed by atoms with Crippen molar-refractivity contribution < 1.29 is 17.6 Å². The molecule has 174 valence electrons. The molecule has 0 aromatic carbocycles. The highest BCUT2D eigenvalue weighted by Crippen LogP contribution is 2.50. The van der Waals surface area contributed by atoms with Crippen molar-refractivity contribution >= 4 is 15.9 Å². The molecule has 3 fully saturated rings. The van der Waals surface area contributed by atoms with Gasteiger partial charge in [-0.1, -0.05) is 17.9 Å². The maximum Gasteiger partial charge on any atom is 0.318 e. The van der Waals surface area contributed by atoms with Crippen molar-refractivity contribution in [2.45, 2.75) is 62.2 Å². The molecule has 2 atom stereocenters. The summed E-state index contributed by atoms with van der Waals surface area (Å²) in [7, 11) is -3.22. The van der Waals surface area contributed by atoms with Gasteiger partial charge in [-0.3, -0.25) is 0 Å². The Morgan fingerprint density at radius 1 is 1.12 bits per heavy atom. The molecule has 9 heteroatoms. The molecule has 1 saturated heterocycles. The molecule has 2 aliphatic carbocycles. The second kappa shape index (κ2) is 9.00. The van der Waals surface area contributed by atoms with Gasteiger partial charge in [0, 0.05) is 37.5 Å². The van der Waals surface area contributed by atoms with Crippen molar-refractivity contribution in [2.24, 2.45) is 17.8 Å². The number of ether oxygens (including phenoxy) is 1. The largest absolute Gasteiger partial charge is 0.478 e. The Hall–Kier alpha value is -2.16. The predicted molar refractivity (Wildman–Crippen MR) is 119 cm³/mol. The topological polar surface area (TPSA) is 98.4 Å². The molecule has 0 spiro atoms. The van der Waals surface area contributed by atoms with Crippen LogP contribution in [0.5, 0.6) is 5.88 Å². The van der Waals surface area contributed by atoms with Gasteiger partial charge in [0.15, 0.2) is 9.84 Å². The maximum absolute atomic E-state index is 11.5. The first-order valence-corrected chi connectivity index (χ1v) is 13.7. The summed E-state index contributed by atoms with van der Waals surface area (Å²) in [4.78, 5) is 6.58. The second-order valence-electron chi connectivity index (χ2n) is 9.63. The Morgan fingerprint density at radius 3 is 2.59 bits per heavy atom. The van der Waals surface area contributed by atoms with Gasteiger partial charge in [-0.25, -0.2) is 13.4 Å². The van der Waals surface area contributed by atoms with Crippen molar-refractivity contribution in [1.82, 2.24) is 15.2 Å². The SMILES string of the molecule is CS(=O)(=O)c1ccc(OCCC2C[C@@H]2C2CCN(c3nnc(C4CCCC4)o3)CC2)nc1. The minimum atomic E-state index is -3.22. The third kappa shape index (κ3) is 4.92. The summed E-state index contributed by atoms with van der Waals surface area (Å²) >= 11 is 0. The molecular weight excluding hydrogens is 428 g/mol. The highest BCUT2D eigenvalue weighted by Gasteiger charge is 2.43. The van der Waals surface area contributed by atoms with E-state index in [1.807, 2.05) is 0 Å². The van der Waals surface area contributed by atoms with Crippen LogP contribution in [0.2, 0.25) is 0 Å². The van der Waals surface area contributed by atoms with Crippen molar-refractivity contribution in [3.05, 3.63) is 24.2 Å². The minimum Gasteiger partial charge on any atom is -0.478 e. The molecule has 3 aliphatic rings. The number of anilines is 1. The second-order valence-corrected chi connectivity index (χ2v) is 11.6. The van der Waals surface area contributed by atoms with Crippen molar-refractivity contribution in [1.29, 1.82) is 0 Å². The summed E-state index contributed by atoms with van der Waals surface area (Å²) in [6, 6.07) is 3.89. The van der Waals surface area contributed by atoms with E-state index in [1.54, 1.807) is 12.1 Å². The average molecular weight is 461 g/mol. The lowest BCUT2D eigenvalue weighted by atomic mass is 9.91. The Kier molecular flexibility index (Phi) is 6.09. The molecule has 3 heterocycles. The number of hydrogen-bond donors (Lipinski definition) is 0. The summed E-state index contributed by atoms with van der Waals surface area (Å²) in [6.07, 6.45) is 12.1. The summed E-state index contributed by atoms with van der Waals surface area (Å²) in [6.45, 7) is 2.61. The van der Waals surface area contributed by atoms with E-state index in [0.717, 1.165) is 43.2 Å². The highest BCUT2D eigenvalue weighted by atomic mass is 32.2. The van der Waals surface area contributed by atoms with Crippen LogP contribution in [0.1, 0.15) is 63.2 Å². The van der Waals surface area contributed by atoms with Crippen LogP contribution in [0.3, 0.4) is 0 Å². The normalized spacial score (nSPS) is 24.7. The minimum absolute atomic E-state index is 0.216. The number of hydrogen-bond acceptors (Lipinski definition) is 8. The quantitative estimate of drug-likeness (QED) is 0.586. The molecule has 32 heavy (non-hydrogen) atoms. The lowest BCUT2D eigenvalue weighted by Gasteiger charge is -2.31. The van der Waals surface area contributed by atoms with Crippen LogP contribution in [-0.4, -0.2) is 49.6 Å². The summed E-state index contributed by atoms with van der Waals surface area (Å²) in [5, 5.41) is 8.65. The first kappa shape index (κ1) is 21.7. The van der Waals surface area contributed by atoms with Crippen molar-refractivity contribution in [3.63, 3.8) is 0 Å². The molecule has 0 radical (unpaired) electrons. The van der Waals surface area contributed by atoms with Crippen molar-refractivity contribution in [2.75, 3.05) is 30.9 Å². The lowest BCUT2D eigenvalue weighted by molar-refractivity contribution is 0.275. The zero-order valence-electron chi connectivity index (χ0n) is 18.6. The summed E-state index contributed by atoms with van der Waals surface area (Å²) in [5.74, 6) is 4.07. The maximum atomic E-state index is 11.5. The molecule has 0 bridgehead atoms. The van der Waals surface area contributed by atoms with Gasteiger partial charge < -0.3 is 14.1 Å². The monoisotopic (exact) mass is 460 g/mol. The van der Waals surface area contributed by atoms with E-state index in [4.69, 9.17) is 9.15 Å². The highest BCUT2D eigenvalue weighted by molar-refractivity contribution is 7.90. The zero-order chi connectivity index (χ0) is 22.1. The first-order chi connectivity index (χ1) is 15.5. The van der Waals surface area contributed by atoms with Crippen LogP contribution in [-0.2, 0) is 9.84 Å². The van der Waals surface area contributed by atoms with Crippen LogP contribution in [0, 0.1) is 17.8 Å². The van der Waals surface area contributed by atoms with E-state index < -0.39 is 9.84 Å². The van der Waals surface area contributed by atoms with E-state index in [1.165, 1.54) is 57.4 Å². The molecular formula is C23H32N4O4S. The van der Waals surface area contributed by atoms with Gasteiger partial charge in [0.25, 0.3) is 0 Å². The molecule has 1 aliphatic heterocycles. The molecule has 2 aromatic rings. The van der Waals surface area contributed by atoms with Crippen LogP contribution in [0.25, 0.3) is 0 Å². The lowest BCUT2D eigenvalue weighted by Crippen LogP contribution is -2.34. The van der Waals surface area contributed by atoms with Gasteiger partial charge in [0.1, 0.15) is 0 Å². The smallest absolute Gasteiger partial charge is 0.318 e. The third-order valence-corrected chi connectivity index (χ3v) is 8.50. The van der Waals surface area contributed by atoms with E-state index >= 15 is 0 Å². The van der Waals surface area contributed by atoms with E-state index in [-0.39, 0.29) is 4.90 Å².